The molecule has 6 nitrogen and oxygen atoms in total. The minimum absolute atomic E-state index is 0.0237. The summed E-state index contributed by atoms with van der Waals surface area (Å²) < 4.78 is 36.7. The highest BCUT2D eigenvalue weighted by Crippen LogP contribution is 2.13. The molecule has 1 saturated heterocycles. The van der Waals surface area contributed by atoms with Gasteiger partial charge in [-0.05, 0) is 12.8 Å². The highest BCUT2D eigenvalue weighted by molar-refractivity contribution is 5.73. The molecule has 0 bridgehead atoms. The van der Waals surface area contributed by atoms with Crippen molar-refractivity contribution in [2.24, 2.45) is 5.73 Å². The summed E-state index contributed by atoms with van der Waals surface area (Å²) in [6.07, 6.45) is -4.42. The molecule has 1 fully saturated rings. The van der Waals surface area contributed by atoms with Gasteiger partial charge in [-0.25, -0.2) is 9.59 Å². The van der Waals surface area contributed by atoms with Crippen LogP contribution in [-0.2, 0) is 14.3 Å². The third-order valence-electron chi connectivity index (χ3n) is 1.83. The normalized spacial score (nSPS) is 24.5. The molecule has 0 spiro atoms. The lowest BCUT2D eigenvalue weighted by Gasteiger charge is -2.23. The first kappa shape index (κ1) is 15.7. The molecule has 17 heavy (non-hydrogen) atoms. The zero-order chi connectivity index (χ0) is 13.6. The molecule has 0 unspecified atom stereocenters. The Kier molecular flexibility index (Phi) is 5.89. The first-order valence-electron chi connectivity index (χ1n) is 4.54. The molecular formula is C8H12F3NO5. The number of hydrogen-bond donors (Lipinski definition) is 3. The summed E-state index contributed by atoms with van der Waals surface area (Å²) in [5, 5.41) is 15.6. The van der Waals surface area contributed by atoms with Crippen LogP contribution < -0.4 is 5.73 Å². The van der Waals surface area contributed by atoms with Gasteiger partial charge in [-0.2, -0.15) is 13.2 Å². The van der Waals surface area contributed by atoms with Crippen molar-refractivity contribution in [1.29, 1.82) is 0 Å². The molecule has 0 aromatic carbocycles. The quantitative estimate of drug-likeness (QED) is 0.621. The van der Waals surface area contributed by atoms with Crippen LogP contribution in [0.15, 0.2) is 0 Å². The second-order valence-electron chi connectivity index (χ2n) is 3.30. The van der Waals surface area contributed by atoms with E-state index in [9.17, 15) is 18.0 Å². The van der Waals surface area contributed by atoms with Crippen molar-refractivity contribution < 1.29 is 37.7 Å². The van der Waals surface area contributed by atoms with Crippen LogP contribution in [0.25, 0.3) is 0 Å². The summed E-state index contributed by atoms with van der Waals surface area (Å²) in [5.41, 5.74) is 5.48. The first-order valence-corrected chi connectivity index (χ1v) is 4.54. The van der Waals surface area contributed by atoms with Crippen LogP contribution in [0.1, 0.15) is 12.8 Å². The van der Waals surface area contributed by atoms with Crippen LogP contribution in [0, 0.1) is 0 Å². The van der Waals surface area contributed by atoms with E-state index in [1.165, 1.54) is 0 Å². The van der Waals surface area contributed by atoms with Crippen molar-refractivity contribution in [2.75, 3.05) is 6.61 Å². The van der Waals surface area contributed by atoms with E-state index in [0.717, 1.165) is 6.42 Å². The van der Waals surface area contributed by atoms with Crippen molar-refractivity contribution in [3.05, 3.63) is 0 Å². The fraction of sp³-hybridized carbons (Fsp3) is 0.750. The molecule has 0 aromatic heterocycles. The van der Waals surface area contributed by atoms with E-state index in [1.54, 1.807) is 0 Å². The average Bonchev–Trinajstić information content (AvgIpc) is 2.17. The summed E-state index contributed by atoms with van der Waals surface area (Å²) in [5.74, 6) is -3.64. The van der Waals surface area contributed by atoms with Crippen molar-refractivity contribution in [2.45, 2.75) is 31.2 Å². The van der Waals surface area contributed by atoms with Crippen molar-refractivity contribution >= 4 is 11.9 Å². The number of carbonyl (C=O) groups is 2. The highest BCUT2D eigenvalue weighted by Gasteiger charge is 2.38. The first-order chi connectivity index (χ1) is 7.64. The third kappa shape index (κ3) is 6.74. The summed E-state index contributed by atoms with van der Waals surface area (Å²) >= 11 is 0. The zero-order valence-electron chi connectivity index (χ0n) is 8.61. The fourth-order valence-electron chi connectivity index (χ4n) is 0.967. The zero-order valence-corrected chi connectivity index (χ0v) is 8.61. The van der Waals surface area contributed by atoms with Crippen LogP contribution in [0.5, 0.6) is 0 Å². The molecule has 1 aliphatic heterocycles. The molecule has 100 valence electrons. The number of rotatable bonds is 1. The van der Waals surface area contributed by atoms with Crippen LogP contribution in [0.3, 0.4) is 0 Å². The second-order valence-corrected chi connectivity index (χ2v) is 3.30. The fourth-order valence-corrected chi connectivity index (χ4v) is 0.967. The Morgan fingerprint density at radius 3 is 1.94 bits per heavy atom. The Labute approximate surface area is 94.2 Å². The monoisotopic (exact) mass is 259 g/mol. The SMILES string of the molecule is N[C@@H]1CC[C@@H](C(=O)O)OC1.O=C(O)C(F)(F)F. The molecule has 1 aliphatic rings. The van der Waals surface area contributed by atoms with E-state index in [1.807, 2.05) is 0 Å². The number of nitrogens with two attached hydrogens (primary N) is 1. The Hall–Kier alpha value is -1.35. The summed E-state index contributed by atoms with van der Waals surface area (Å²) in [4.78, 5) is 19.2. The smallest absolute Gasteiger partial charge is 0.479 e. The molecular weight excluding hydrogens is 247 g/mol. The Bertz CT molecular complexity index is 273. The average molecular weight is 259 g/mol. The lowest BCUT2D eigenvalue weighted by molar-refractivity contribution is -0.192. The van der Waals surface area contributed by atoms with Gasteiger partial charge < -0.3 is 20.7 Å². The van der Waals surface area contributed by atoms with Gasteiger partial charge in [-0.3, -0.25) is 0 Å². The maximum atomic E-state index is 10.6. The van der Waals surface area contributed by atoms with E-state index in [4.69, 9.17) is 25.5 Å². The number of carboxylic acids is 2. The van der Waals surface area contributed by atoms with E-state index in [-0.39, 0.29) is 6.04 Å². The molecule has 1 rings (SSSR count). The Morgan fingerprint density at radius 2 is 1.71 bits per heavy atom. The summed E-state index contributed by atoms with van der Waals surface area (Å²) in [6.45, 7) is 0.372. The second kappa shape index (κ2) is 6.40. The number of carboxylic acid groups (broad SMARTS) is 2. The number of hydrogen-bond acceptors (Lipinski definition) is 4. The molecule has 0 aliphatic carbocycles. The number of ether oxygens (including phenoxy) is 1. The van der Waals surface area contributed by atoms with Crippen molar-refractivity contribution in [3.63, 3.8) is 0 Å². The largest absolute Gasteiger partial charge is 0.490 e. The van der Waals surface area contributed by atoms with E-state index >= 15 is 0 Å². The van der Waals surface area contributed by atoms with Gasteiger partial charge in [0.25, 0.3) is 0 Å². The summed E-state index contributed by atoms with van der Waals surface area (Å²) in [7, 11) is 0. The molecule has 0 saturated carbocycles. The maximum absolute atomic E-state index is 10.6. The Balaban J connectivity index is 0.000000325. The van der Waals surface area contributed by atoms with Gasteiger partial charge in [0.05, 0.1) is 6.61 Å². The molecule has 9 heteroatoms. The van der Waals surface area contributed by atoms with Crippen LogP contribution in [0.2, 0.25) is 0 Å². The van der Waals surface area contributed by atoms with Gasteiger partial charge in [0, 0.05) is 6.04 Å². The van der Waals surface area contributed by atoms with E-state index < -0.39 is 24.2 Å². The molecule has 2 atom stereocenters. The van der Waals surface area contributed by atoms with Gasteiger partial charge in [0.1, 0.15) is 0 Å². The minimum atomic E-state index is -5.08. The number of halogens is 3. The topological polar surface area (TPSA) is 110 Å². The number of alkyl halides is 3. The van der Waals surface area contributed by atoms with Gasteiger partial charge in [0.2, 0.25) is 0 Å². The molecule has 4 N–H and O–H groups in total. The van der Waals surface area contributed by atoms with Crippen LogP contribution in [-0.4, -0.2) is 47.1 Å². The van der Waals surface area contributed by atoms with Crippen LogP contribution in [0.4, 0.5) is 13.2 Å². The Morgan fingerprint density at radius 1 is 1.24 bits per heavy atom. The summed E-state index contributed by atoms with van der Waals surface area (Å²) in [6, 6.07) is 0.0237. The third-order valence-corrected chi connectivity index (χ3v) is 1.83. The molecule has 1 heterocycles. The highest BCUT2D eigenvalue weighted by atomic mass is 19.4. The molecule has 0 radical (unpaired) electrons. The lowest BCUT2D eigenvalue weighted by Crippen LogP contribution is -2.38. The number of aliphatic carboxylic acids is 2. The predicted molar refractivity (Wildman–Crippen MR) is 48.3 cm³/mol. The van der Waals surface area contributed by atoms with Crippen molar-refractivity contribution in [1.82, 2.24) is 0 Å². The van der Waals surface area contributed by atoms with Gasteiger partial charge >= 0.3 is 18.1 Å². The van der Waals surface area contributed by atoms with Gasteiger partial charge in [-0.1, -0.05) is 0 Å². The van der Waals surface area contributed by atoms with Gasteiger partial charge in [0.15, 0.2) is 6.10 Å². The molecule has 0 amide bonds. The standard InChI is InChI=1S/C6H11NO3.C2HF3O2/c7-4-1-2-5(6(8)9)10-3-4;3-2(4,5)1(6)7/h4-5H,1-3,7H2,(H,8,9);(H,6,7)/t4-,5+;/m1./s1. The predicted octanol–water partition coefficient (Wildman–Crippen LogP) is 0.211. The maximum Gasteiger partial charge on any atom is 0.490 e. The van der Waals surface area contributed by atoms with Crippen LogP contribution >= 0.6 is 0 Å². The van der Waals surface area contributed by atoms with Crippen molar-refractivity contribution in [3.8, 4) is 0 Å². The minimum Gasteiger partial charge on any atom is -0.479 e. The van der Waals surface area contributed by atoms with E-state index in [0.29, 0.717) is 13.0 Å². The molecule has 0 aromatic rings. The van der Waals surface area contributed by atoms with Gasteiger partial charge in [-0.15, -0.1) is 0 Å². The van der Waals surface area contributed by atoms with E-state index in [2.05, 4.69) is 0 Å². The lowest BCUT2D eigenvalue weighted by atomic mass is 10.1.